The summed E-state index contributed by atoms with van der Waals surface area (Å²) in [5, 5.41) is 13.9. The predicted octanol–water partition coefficient (Wildman–Crippen LogP) is 1.67. The average molecular weight is 332 g/mol. The van der Waals surface area contributed by atoms with Gasteiger partial charge in [-0.3, -0.25) is 0 Å². The molecule has 0 aliphatic heterocycles. The summed E-state index contributed by atoms with van der Waals surface area (Å²) in [6, 6.07) is 10.7. The highest BCUT2D eigenvalue weighted by molar-refractivity contribution is 7.89. The summed E-state index contributed by atoms with van der Waals surface area (Å²) in [6.45, 7) is 0. The second-order valence-corrected chi connectivity index (χ2v) is 5.99. The first-order chi connectivity index (χ1) is 10.8. The summed E-state index contributed by atoms with van der Waals surface area (Å²) in [7, 11) is -2.58. The highest BCUT2D eigenvalue weighted by atomic mass is 32.2. The van der Waals surface area contributed by atoms with Gasteiger partial charge in [0.15, 0.2) is 0 Å². The zero-order valence-corrected chi connectivity index (χ0v) is 12.8. The van der Waals surface area contributed by atoms with Gasteiger partial charge in [0.2, 0.25) is 10.0 Å². The molecule has 0 aliphatic rings. The Morgan fingerprint density at radius 2 is 1.91 bits per heavy atom. The molecule has 0 saturated heterocycles. The minimum atomic E-state index is -3.76. The number of carbonyl (C=O) groups is 1. The van der Waals surface area contributed by atoms with Crippen molar-refractivity contribution in [3.05, 3.63) is 47.7 Å². The number of primary sulfonamides is 1. The summed E-state index contributed by atoms with van der Waals surface area (Å²) < 4.78 is 32.4. The summed E-state index contributed by atoms with van der Waals surface area (Å²) in [5.41, 5.74) is 0.423. The van der Waals surface area contributed by atoms with Crippen molar-refractivity contribution in [2.24, 2.45) is 5.14 Å². The third-order valence-corrected chi connectivity index (χ3v) is 3.84. The molecule has 2 aromatic rings. The molecular formula is C15H12N2O5S. The molecule has 0 spiro atoms. The number of nitrogens with two attached hydrogens (primary N) is 1. The van der Waals surface area contributed by atoms with Gasteiger partial charge in [0, 0.05) is 11.6 Å². The number of furan rings is 1. The van der Waals surface area contributed by atoms with Crippen LogP contribution in [0.1, 0.15) is 5.76 Å². The number of ether oxygens (including phenoxy) is 1. The molecule has 0 bridgehead atoms. The SMILES string of the molecule is COC(=O)/C(C#N)=C/c1ccc(-c2ccc(S(N)(=O)=O)cc2)o1. The lowest BCUT2D eigenvalue weighted by molar-refractivity contribution is -0.135. The van der Waals surface area contributed by atoms with Crippen LogP contribution in [0, 0.1) is 11.3 Å². The van der Waals surface area contributed by atoms with Crippen molar-refractivity contribution >= 4 is 22.1 Å². The van der Waals surface area contributed by atoms with E-state index in [1.54, 1.807) is 18.2 Å². The molecule has 7 nitrogen and oxygen atoms in total. The predicted molar refractivity (Wildman–Crippen MR) is 81.1 cm³/mol. The highest BCUT2D eigenvalue weighted by Crippen LogP contribution is 2.24. The molecule has 23 heavy (non-hydrogen) atoms. The molecule has 8 heteroatoms. The Labute approximate surface area is 132 Å². The number of benzene rings is 1. The van der Waals surface area contributed by atoms with Crippen molar-refractivity contribution in [3.8, 4) is 17.4 Å². The molecule has 0 saturated carbocycles. The standard InChI is InChI=1S/C15H12N2O5S/c1-21-15(18)11(9-16)8-12-4-7-14(22-12)10-2-5-13(6-3-10)23(17,19)20/h2-8H,1H3,(H2,17,19,20)/b11-8+. The molecule has 2 rings (SSSR count). The van der Waals surface area contributed by atoms with Crippen molar-refractivity contribution in [1.29, 1.82) is 5.26 Å². The smallest absolute Gasteiger partial charge is 0.348 e. The first-order valence-electron chi connectivity index (χ1n) is 6.28. The molecule has 0 atom stereocenters. The number of nitrogens with zero attached hydrogens (tertiary/aromatic N) is 1. The van der Waals surface area contributed by atoms with Gasteiger partial charge in [-0.15, -0.1) is 0 Å². The fraction of sp³-hybridized carbons (Fsp3) is 0.0667. The number of nitriles is 1. The Morgan fingerprint density at radius 1 is 1.26 bits per heavy atom. The Morgan fingerprint density at radius 3 is 2.43 bits per heavy atom. The molecule has 118 valence electrons. The number of hydrogen-bond acceptors (Lipinski definition) is 6. The fourth-order valence-corrected chi connectivity index (χ4v) is 2.30. The van der Waals surface area contributed by atoms with Gasteiger partial charge in [-0.1, -0.05) is 0 Å². The van der Waals surface area contributed by atoms with Crippen LogP contribution in [-0.4, -0.2) is 21.5 Å². The van der Waals surface area contributed by atoms with Crippen LogP contribution in [0.2, 0.25) is 0 Å². The van der Waals surface area contributed by atoms with Crippen molar-refractivity contribution in [1.82, 2.24) is 0 Å². The Hall–Kier alpha value is -2.89. The van der Waals surface area contributed by atoms with Gasteiger partial charge in [0.05, 0.1) is 12.0 Å². The largest absolute Gasteiger partial charge is 0.465 e. The Bertz CT molecular complexity index is 902. The van der Waals surface area contributed by atoms with E-state index in [1.807, 2.05) is 0 Å². The number of esters is 1. The van der Waals surface area contributed by atoms with E-state index in [4.69, 9.17) is 14.8 Å². The second kappa shape index (κ2) is 6.48. The van der Waals surface area contributed by atoms with Crippen molar-refractivity contribution in [3.63, 3.8) is 0 Å². The van der Waals surface area contributed by atoms with E-state index in [1.165, 1.54) is 37.5 Å². The van der Waals surface area contributed by atoms with Gasteiger partial charge in [0.1, 0.15) is 23.2 Å². The molecule has 1 heterocycles. The van der Waals surface area contributed by atoms with Gasteiger partial charge < -0.3 is 9.15 Å². The lowest BCUT2D eigenvalue weighted by Crippen LogP contribution is -2.11. The van der Waals surface area contributed by atoms with Crippen molar-refractivity contribution in [2.75, 3.05) is 7.11 Å². The van der Waals surface area contributed by atoms with Gasteiger partial charge in [-0.2, -0.15) is 5.26 Å². The van der Waals surface area contributed by atoms with Crippen LogP contribution >= 0.6 is 0 Å². The van der Waals surface area contributed by atoms with Gasteiger partial charge in [0.25, 0.3) is 0 Å². The molecule has 0 unspecified atom stereocenters. The average Bonchev–Trinajstić information content (AvgIpc) is 2.99. The van der Waals surface area contributed by atoms with Crippen LogP contribution < -0.4 is 5.14 Å². The summed E-state index contributed by atoms with van der Waals surface area (Å²) >= 11 is 0. The number of rotatable bonds is 4. The minimum absolute atomic E-state index is 0.00890. The van der Waals surface area contributed by atoms with Gasteiger partial charge in [-0.05, 0) is 36.4 Å². The topological polar surface area (TPSA) is 123 Å². The van der Waals surface area contributed by atoms with Gasteiger partial charge >= 0.3 is 5.97 Å². The van der Waals surface area contributed by atoms with Crippen LogP contribution in [0.3, 0.4) is 0 Å². The molecular weight excluding hydrogens is 320 g/mol. The quantitative estimate of drug-likeness (QED) is 0.516. The van der Waals surface area contributed by atoms with Crippen molar-refractivity contribution in [2.45, 2.75) is 4.90 Å². The van der Waals surface area contributed by atoms with Gasteiger partial charge in [-0.25, -0.2) is 18.4 Å². The van der Waals surface area contributed by atoms with E-state index in [-0.39, 0.29) is 16.2 Å². The van der Waals surface area contributed by atoms with E-state index in [0.717, 1.165) is 0 Å². The van der Waals surface area contributed by atoms with E-state index >= 15 is 0 Å². The summed E-state index contributed by atoms with van der Waals surface area (Å²) in [4.78, 5) is 11.3. The number of carbonyl (C=O) groups excluding carboxylic acids is 1. The molecule has 0 fully saturated rings. The van der Waals surface area contributed by atoms with E-state index in [9.17, 15) is 13.2 Å². The summed E-state index contributed by atoms with van der Waals surface area (Å²) in [6.07, 6.45) is 1.26. The second-order valence-electron chi connectivity index (χ2n) is 4.43. The maximum atomic E-state index is 11.3. The molecule has 0 radical (unpaired) electrons. The van der Waals surface area contributed by atoms with Crippen LogP contribution in [0.5, 0.6) is 0 Å². The molecule has 1 aromatic carbocycles. The molecule has 0 amide bonds. The van der Waals surface area contributed by atoms with Crippen LogP contribution in [0.15, 0.2) is 51.3 Å². The van der Waals surface area contributed by atoms with Crippen molar-refractivity contribution < 1.29 is 22.4 Å². The third kappa shape index (κ3) is 3.85. The maximum absolute atomic E-state index is 11.3. The number of methoxy groups -OCH3 is 1. The number of hydrogen-bond donors (Lipinski definition) is 1. The zero-order valence-electron chi connectivity index (χ0n) is 12.0. The first kappa shape index (κ1) is 16.5. The lowest BCUT2D eigenvalue weighted by Gasteiger charge is -2.00. The van der Waals surface area contributed by atoms with E-state index in [2.05, 4.69) is 4.74 Å². The Kier molecular flexibility index (Phi) is 4.64. The van der Waals surface area contributed by atoms with Crippen LogP contribution in [0.25, 0.3) is 17.4 Å². The normalized spacial score (nSPS) is 11.8. The maximum Gasteiger partial charge on any atom is 0.348 e. The third-order valence-electron chi connectivity index (χ3n) is 2.91. The first-order valence-corrected chi connectivity index (χ1v) is 7.83. The van der Waals surface area contributed by atoms with Crippen LogP contribution in [-0.2, 0) is 19.6 Å². The van der Waals surface area contributed by atoms with E-state index in [0.29, 0.717) is 11.3 Å². The monoisotopic (exact) mass is 332 g/mol. The lowest BCUT2D eigenvalue weighted by atomic mass is 10.2. The van der Waals surface area contributed by atoms with E-state index < -0.39 is 16.0 Å². The minimum Gasteiger partial charge on any atom is -0.465 e. The highest BCUT2D eigenvalue weighted by Gasteiger charge is 2.12. The van der Waals surface area contributed by atoms with Crippen LogP contribution in [0.4, 0.5) is 0 Å². The Balaban J connectivity index is 2.31. The molecule has 2 N–H and O–H groups in total. The zero-order chi connectivity index (χ0) is 17.0. The fourth-order valence-electron chi connectivity index (χ4n) is 1.78. The molecule has 1 aromatic heterocycles. The molecule has 0 aliphatic carbocycles. The summed E-state index contributed by atoms with van der Waals surface area (Å²) in [5.74, 6) is -0.0280. The number of sulfonamides is 1.